The molecule has 0 amide bonds. The molecule has 0 bridgehead atoms. The van der Waals surface area contributed by atoms with Gasteiger partial charge in [0.05, 0.1) is 0 Å². The summed E-state index contributed by atoms with van der Waals surface area (Å²) in [5.74, 6) is 0. The van der Waals surface area contributed by atoms with Crippen molar-refractivity contribution < 1.29 is 45.1 Å². The zero-order valence-electron chi connectivity index (χ0n) is 3.64. The normalized spacial score (nSPS) is 20.0. The quantitative estimate of drug-likeness (QED) is 0.589. The second-order valence-electron chi connectivity index (χ2n) is 1.32. The van der Waals surface area contributed by atoms with E-state index in [1.807, 2.05) is 0 Å². The standard InChI is InChI=1S/C4H8O.Sm/c1-2-4-5-3-1;/h1-4H2;. The van der Waals surface area contributed by atoms with Crippen LogP contribution < -0.4 is 0 Å². The first-order chi connectivity index (χ1) is 2.50. The topological polar surface area (TPSA) is 9.23 Å². The molecule has 0 unspecified atom stereocenters. The van der Waals surface area contributed by atoms with Crippen molar-refractivity contribution in [2.45, 2.75) is 12.8 Å². The van der Waals surface area contributed by atoms with Crippen molar-refractivity contribution in [2.75, 3.05) is 13.2 Å². The minimum absolute atomic E-state index is 0. The van der Waals surface area contributed by atoms with E-state index in [0.29, 0.717) is 0 Å². The molecule has 1 aliphatic rings. The minimum Gasteiger partial charge on any atom is -0.381 e. The second-order valence-corrected chi connectivity index (χ2v) is 1.32. The van der Waals surface area contributed by atoms with Crippen LogP contribution in [0.3, 0.4) is 0 Å². The van der Waals surface area contributed by atoms with Crippen molar-refractivity contribution >= 4 is 0 Å². The van der Waals surface area contributed by atoms with E-state index < -0.39 is 0 Å². The molecule has 6 heavy (non-hydrogen) atoms. The predicted octanol–water partition coefficient (Wildman–Crippen LogP) is 0.797. The molecule has 2 heteroatoms. The minimum atomic E-state index is 0. The van der Waals surface area contributed by atoms with Crippen molar-refractivity contribution in [3.05, 3.63) is 0 Å². The number of ether oxygens (including phenoxy) is 1. The Morgan fingerprint density at radius 2 is 1.50 bits per heavy atom. The maximum atomic E-state index is 4.94. The molecule has 0 aromatic carbocycles. The second kappa shape index (κ2) is 4.46. The van der Waals surface area contributed by atoms with Crippen molar-refractivity contribution in [1.82, 2.24) is 0 Å². The Balaban J connectivity index is 0.000000250. The fraction of sp³-hybridized carbons (Fsp3) is 1.00. The molecule has 0 N–H and O–H groups in total. The van der Waals surface area contributed by atoms with Crippen LogP contribution in [0.25, 0.3) is 0 Å². The van der Waals surface area contributed by atoms with Crippen molar-refractivity contribution in [3.8, 4) is 0 Å². The summed E-state index contributed by atoms with van der Waals surface area (Å²) in [5.41, 5.74) is 0. The van der Waals surface area contributed by atoms with E-state index in [0.717, 1.165) is 13.2 Å². The van der Waals surface area contributed by atoms with Gasteiger partial charge in [0.2, 0.25) is 0 Å². The van der Waals surface area contributed by atoms with E-state index in [1.54, 1.807) is 0 Å². The summed E-state index contributed by atoms with van der Waals surface area (Å²) in [6.07, 6.45) is 2.56. The van der Waals surface area contributed by atoms with Crippen LogP contribution in [0.5, 0.6) is 0 Å². The van der Waals surface area contributed by atoms with Gasteiger partial charge in [-0.3, -0.25) is 0 Å². The SMILES string of the molecule is C1CCOC1.[Sm]. The Morgan fingerprint density at radius 1 is 1.00 bits per heavy atom. The third-order valence-electron chi connectivity index (χ3n) is 0.827. The Kier molecular flexibility index (Phi) is 5.42. The van der Waals surface area contributed by atoms with Gasteiger partial charge in [0.25, 0.3) is 0 Å². The first kappa shape index (κ1) is 7.30. The molecule has 0 aromatic rings. The van der Waals surface area contributed by atoms with Crippen LogP contribution in [-0.4, -0.2) is 13.2 Å². The van der Waals surface area contributed by atoms with Crippen molar-refractivity contribution in [1.29, 1.82) is 0 Å². The molecule has 0 radical (unpaired) electrons. The smallest absolute Gasteiger partial charge is 0.0466 e. The molecule has 36 valence electrons. The predicted molar refractivity (Wildman–Crippen MR) is 20.1 cm³/mol. The van der Waals surface area contributed by atoms with Gasteiger partial charge < -0.3 is 4.74 Å². The van der Waals surface area contributed by atoms with Crippen LogP contribution in [0.1, 0.15) is 12.8 Å². The van der Waals surface area contributed by atoms with Crippen molar-refractivity contribution in [3.63, 3.8) is 0 Å². The zero-order chi connectivity index (χ0) is 3.54. The van der Waals surface area contributed by atoms with Gasteiger partial charge in [-0.05, 0) is 12.8 Å². The third-order valence-corrected chi connectivity index (χ3v) is 0.827. The molecule has 1 rings (SSSR count). The number of hydrogen-bond acceptors (Lipinski definition) is 1. The summed E-state index contributed by atoms with van der Waals surface area (Å²) < 4.78 is 4.94. The van der Waals surface area contributed by atoms with Gasteiger partial charge in [-0.1, -0.05) is 0 Å². The zero-order valence-corrected chi connectivity index (χ0v) is 6.26. The van der Waals surface area contributed by atoms with Crippen LogP contribution in [0.15, 0.2) is 0 Å². The monoisotopic (exact) mass is 224 g/mol. The van der Waals surface area contributed by atoms with Crippen molar-refractivity contribution in [2.24, 2.45) is 0 Å². The molecule has 0 aliphatic carbocycles. The summed E-state index contributed by atoms with van der Waals surface area (Å²) in [6.45, 7) is 2.00. The van der Waals surface area contributed by atoms with E-state index >= 15 is 0 Å². The van der Waals surface area contributed by atoms with E-state index in [9.17, 15) is 0 Å². The van der Waals surface area contributed by atoms with Gasteiger partial charge in [-0.2, -0.15) is 0 Å². The van der Waals surface area contributed by atoms with Gasteiger partial charge in [-0.25, -0.2) is 0 Å². The molecule has 0 saturated carbocycles. The Labute approximate surface area is 70.5 Å². The van der Waals surface area contributed by atoms with E-state index in [1.165, 1.54) is 12.8 Å². The van der Waals surface area contributed by atoms with Crippen LogP contribution in [0.4, 0.5) is 0 Å². The maximum Gasteiger partial charge on any atom is 0.0466 e. The summed E-state index contributed by atoms with van der Waals surface area (Å²) >= 11 is 0. The van der Waals surface area contributed by atoms with Crippen LogP contribution in [0.2, 0.25) is 0 Å². The largest absolute Gasteiger partial charge is 0.381 e. The van der Waals surface area contributed by atoms with Gasteiger partial charge in [0, 0.05) is 53.6 Å². The first-order valence-corrected chi connectivity index (χ1v) is 2.08. The van der Waals surface area contributed by atoms with Crippen LogP contribution in [0, 0.1) is 40.4 Å². The molecule has 1 aliphatic heterocycles. The first-order valence-electron chi connectivity index (χ1n) is 2.08. The Morgan fingerprint density at radius 3 is 1.67 bits per heavy atom. The summed E-state index contributed by atoms with van der Waals surface area (Å²) in [7, 11) is 0. The summed E-state index contributed by atoms with van der Waals surface area (Å²) in [4.78, 5) is 0. The van der Waals surface area contributed by atoms with Gasteiger partial charge in [-0.15, -0.1) is 0 Å². The molecule has 0 atom stereocenters. The molecule has 0 spiro atoms. The molecular formula is C4H8OSm. The van der Waals surface area contributed by atoms with E-state index in [2.05, 4.69) is 0 Å². The number of hydrogen-bond donors (Lipinski definition) is 0. The Bertz CT molecular complexity index is 19.1. The molecule has 1 nitrogen and oxygen atoms in total. The maximum absolute atomic E-state index is 4.94. The average Bonchev–Trinajstić information content (AvgIpc) is 1.76. The van der Waals surface area contributed by atoms with Gasteiger partial charge in [0.1, 0.15) is 0 Å². The average molecular weight is 222 g/mol. The third kappa shape index (κ3) is 2.47. The summed E-state index contributed by atoms with van der Waals surface area (Å²) in [5, 5.41) is 0. The molecule has 1 heterocycles. The van der Waals surface area contributed by atoms with Gasteiger partial charge >= 0.3 is 0 Å². The fourth-order valence-corrected chi connectivity index (χ4v) is 0.510. The van der Waals surface area contributed by atoms with E-state index in [-0.39, 0.29) is 40.4 Å². The van der Waals surface area contributed by atoms with Crippen LogP contribution in [-0.2, 0) is 4.74 Å². The molecule has 1 saturated heterocycles. The molecular weight excluding hydrogens is 214 g/mol. The van der Waals surface area contributed by atoms with Crippen LogP contribution >= 0.6 is 0 Å². The molecule has 1 fully saturated rings. The van der Waals surface area contributed by atoms with E-state index in [4.69, 9.17) is 4.74 Å². The Hall–Kier alpha value is 1.30. The number of rotatable bonds is 0. The fourth-order valence-electron chi connectivity index (χ4n) is 0.510. The summed E-state index contributed by atoms with van der Waals surface area (Å²) in [6, 6.07) is 0. The van der Waals surface area contributed by atoms with Gasteiger partial charge in [0.15, 0.2) is 0 Å². The molecule has 0 aromatic heterocycles.